The van der Waals surface area contributed by atoms with Gasteiger partial charge >= 0.3 is 0 Å². The molecule has 1 unspecified atom stereocenters. The second-order valence-electron chi connectivity index (χ2n) is 3.18. The highest BCUT2D eigenvalue weighted by molar-refractivity contribution is 8.03. The van der Waals surface area contributed by atoms with Crippen LogP contribution in [-0.4, -0.2) is 24.2 Å². The molecular formula is C9H12N2OS. The highest BCUT2D eigenvalue weighted by atomic mass is 32.2. The van der Waals surface area contributed by atoms with Gasteiger partial charge in [-0.1, -0.05) is 12.2 Å². The summed E-state index contributed by atoms with van der Waals surface area (Å²) < 4.78 is 0. The Bertz CT molecular complexity index is 296. The van der Waals surface area contributed by atoms with Gasteiger partial charge in [-0.2, -0.15) is 0 Å². The Balaban J connectivity index is 2.18. The third-order valence-electron chi connectivity index (χ3n) is 2.29. The predicted molar refractivity (Wildman–Crippen MR) is 54.2 cm³/mol. The summed E-state index contributed by atoms with van der Waals surface area (Å²) in [5.41, 5.74) is 5.94. The number of nitrogens with two attached hydrogens (primary N) is 1. The first-order chi connectivity index (χ1) is 6.27. The predicted octanol–water partition coefficient (Wildman–Crippen LogP) is 0.391. The molecule has 3 nitrogen and oxygen atoms in total. The molecule has 0 aromatic carbocycles. The Morgan fingerprint density at radius 3 is 3.23 bits per heavy atom. The van der Waals surface area contributed by atoms with Crippen LogP contribution < -0.4 is 11.1 Å². The number of allylic oxidation sites excluding steroid dienone is 2. The van der Waals surface area contributed by atoms with Crippen molar-refractivity contribution in [1.29, 1.82) is 0 Å². The first kappa shape index (κ1) is 8.84. The Labute approximate surface area is 81.4 Å². The van der Waals surface area contributed by atoms with Crippen molar-refractivity contribution >= 4 is 17.7 Å². The van der Waals surface area contributed by atoms with Gasteiger partial charge in [-0.15, -0.1) is 11.8 Å². The zero-order valence-electron chi connectivity index (χ0n) is 7.25. The molecule has 3 N–H and O–H groups in total. The molecule has 0 aromatic heterocycles. The molecule has 13 heavy (non-hydrogen) atoms. The molecule has 70 valence electrons. The SMILES string of the molecule is NC(=O)C1=CC=C2SCCNC2C1. The van der Waals surface area contributed by atoms with Crippen LogP contribution in [0.1, 0.15) is 6.42 Å². The summed E-state index contributed by atoms with van der Waals surface area (Å²) >= 11 is 1.86. The van der Waals surface area contributed by atoms with E-state index in [4.69, 9.17) is 5.73 Å². The third-order valence-corrected chi connectivity index (χ3v) is 3.46. The van der Waals surface area contributed by atoms with E-state index >= 15 is 0 Å². The number of carbonyl (C=O) groups excluding carboxylic acids is 1. The minimum atomic E-state index is -0.298. The molecule has 1 aliphatic carbocycles. The van der Waals surface area contributed by atoms with Crippen LogP contribution in [-0.2, 0) is 4.79 Å². The van der Waals surface area contributed by atoms with E-state index in [0.717, 1.165) is 24.3 Å². The first-order valence-corrected chi connectivity index (χ1v) is 5.32. The van der Waals surface area contributed by atoms with Gasteiger partial charge in [0.05, 0.1) is 0 Å². The molecule has 1 amide bonds. The molecule has 0 bridgehead atoms. The van der Waals surface area contributed by atoms with Gasteiger partial charge in [-0.3, -0.25) is 4.79 Å². The Morgan fingerprint density at radius 1 is 1.62 bits per heavy atom. The summed E-state index contributed by atoms with van der Waals surface area (Å²) in [6.45, 7) is 1.01. The van der Waals surface area contributed by atoms with Gasteiger partial charge in [0.1, 0.15) is 0 Å². The summed E-state index contributed by atoms with van der Waals surface area (Å²) in [5, 5.41) is 3.37. The fraction of sp³-hybridized carbons (Fsp3) is 0.444. The normalized spacial score (nSPS) is 27.2. The molecule has 0 radical (unpaired) electrons. The third kappa shape index (κ3) is 1.78. The summed E-state index contributed by atoms with van der Waals surface area (Å²) in [7, 11) is 0. The second-order valence-corrected chi connectivity index (χ2v) is 4.35. The lowest BCUT2D eigenvalue weighted by atomic mass is 10.00. The van der Waals surface area contributed by atoms with Crippen molar-refractivity contribution in [2.75, 3.05) is 12.3 Å². The molecule has 1 saturated heterocycles. The van der Waals surface area contributed by atoms with Crippen molar-refractivity contribution in [2.24, 2.45) is 5.73 Å². The molecule has 1 fully saturated rings. The van der Waals surface area contributed by atoms with Crippen LogP contribution in [0.5, 0.6) is 0 Å². The van der Waals surface area contributed by atoms with E-state index in [9.17, 15) is 4.79 Å². The van der Waals surface area contributed by atoms with Crippen LogP contribution in [0.15, 0.2) is 22.6 Å². The molecule has 0 saturated carbocycles. The minimum Gasteiger partial charge on any atom is -0.366 e. The van der Waals surface area contributed by atoms with E-state index in [1.54, 1.807) is 0 Å². The number of rotatable bonds is 1. The van der Waals surface area contributed by atoms with Crippen LogP contribution in [0.2, 0.25) is 0 Å². The van der Waals surface area contributed by atoms with Crippen molar-refractivity contribution in [3.8, 4) is 0 Å². The van der Waals surface area contributed by atoms with Crippen molar-refractivity contribution in [1.82, 2.24) is 5.32 Å². The molecule has 2 aliphatic rings. The molecule has 2 rings (SSSR count). The number of nitrogens with one attached hydrogen (secondary N) is 1. The maximum absolute atomic E-state index is 10.9. The van der Waals surface area contributed by atoms with Crippen molar-refractivity contribution in [2.45, 2.75) is 12.5 Å². The van der Waals surface area contributed by atoms with E-state index in [0.29, 0.717) is 6.04 Å². The van der Waals surface area contributed by atoms with Crippen molar-refractivity contribution < 1.29 is 4.79 Å². The molecule has 1 atom stereocenters. The summed E-state index contributed by atoms with van der Waals surface area (Å²) in [4.78, 5) is 12.2. The first-order valence-electron chi connectivity index (χ1n) is 4.34. The summed E-state index contributed by atoms with van der Waals surface area (Å²) in [5.74, 6) is 0.815. The number of fused-ring (bicyclic) bond motifs is 1. The zero-order chi connectivity index (χ0) is 9.26. The van der Waals surface area contributed by atoms with Gasteiger partial charge in [0, 0.05) is 28.8 Å². The average molecular weight is 196 g/mol. The highest BCUT2D eigenvalue weighted by Crippen LogP contribution is 2.30. The fourth-order valence-electron chi connectivity index (χ4n) is 1.59. The molecule has 4 heteroatoms. The number of hydrogen-bond donors (Lipinski definition) is 2. The lowest BCUT2D eigenvalue weighted by Crippen LogP contribution is -2.38. The topological polar surface area (TPSA) is 55.1 Å². The molecule has 0 spiro atoms. The van der Waals surface area contributed by atoms with Gasteiger partial charge in [0.25, 0.3) is 0 Å². The lowest BCUT2D eigenvalue weighted by Gasteiger charge is -2.28. The fourth-order valence-corrected chi connectivity index (χ4v) is 2.58. The Hall–Kier alpha value is -0.740. The summed E-state index contributed by atoms with van der Waals surface area (Å²) in [6.07, 6.45) is 4.59. The Morgan fingerprint density at radius 2 is 2.46 bits per heavy atom. The largest absolute Gasteiger partial charge is 0.366 e. The average Bonchev–Trinajstić information content (AvgIpc) is 2.17. The van der Waals surface area contributed by atoms with E-state index in [2.05, 4.69) is 5.32 Å². The van der Waals surface area contributed by atoms with E-state index in [1.165, 1.54) is 4.91 Å². The monoisotopic (exact) mass is 196 g/mol. The number of carbonyl (C=O) groups is 1. The van der Waals surface area contributed by atoms with Crippen LogP contribution in [0.25, 0.3) is 0 Å². The number of amides is 1. The number of thioether (sulfide) groups is 1. The quantitative estimate of drug-likeness (QED) is 0.638. The zero-order valence-corrected chi connectivity index (χ0v) is 8.06. The highest BCUT2D eigenvalue weighted by Gasteiger charge is 2.23. The number of hydrogen-bond acceptors (Lipinski definition) is 3. The van der Waals surface area contributed by atoms with E-state index in [-0.39, 0.29) is 5.91 Å². The van der Waals surface area contributed by atoms with E-state index in [1.807, 2.05) is 23.9 Å². The smallest absolute Gasteiger partial charge is 0.244 e. The van der Waals surface area contributed by atoms with Crippen molar-refractivity contribution in [3.63, 3.8) is 0 Å². The van der Waals surface area contributed by atoms with Gasteiger partial charge in [0.15, 0.2) is 0 Å². The van der Waals surface area contributed by atoms with Crippen molar-refractivity contribution in [3.05, 3.63) is 22.6 Å². The minimum absolute atomic E-state index is 0.298. The van der Waals surface area contributed by atoms with Gasteiger partial charge in [0.2, 0.25) is 5.91 Å². The van der Waals surface area contributed by atoms with Gasteiger partial charge < -0.3 is 11.1 Å². The Kier molecular flexibility index (Phi) is 2.42. The molecule has 0 aromatic rings. The second kappa shape index (κ2) is 3.55. The molecule has 1 aliphatic heterocycles. The number of primary amides is 1. The molecule has 1 heterocycles. The van der Waals surface area contributed by atoms with Gasteiger partial charge in [-0.25, -0.2) is 0 Å². The van der Waals surface area contributed by atoms with Crippen LogP contribution in [0, 0.1) is 0 Å². The van der Waals surface area contributed by atoms with Gasteiger partial charge in [-0.05, 0) is 6.42 Å². The summed E-state index contributed by atoms with van der Waals surface area (Å²) in [6, 6.07) is 0.325. The molecular weight excluding hydrogens is 184 g/mol. The van der Waals surface area contributed by atoms with Crippen LogP contribution >= 0.6 is 11.8 Å². The van der Waals surface area contributed by atoms with E-state index < -0.39 is 0 Å². The maximum atomic E-state index is 10.9. The standard InChI is InChI=1S/C9H12N2OS/c10-9(12)6-1-2-8-7(5-6)11-3-4-13-8/h1-2,7,11H,3-5H2,(H2,10,12). The maximum Gasteiger partial charge on any atom is 0.244 e. The lowest BCUT2D eigenvalue weighted by molar-refractivity contribution is -0.114. The van der Waals surface area contributed by atoms with Crippen LogP contribution in [0.3, 0.4) is 0 Å². The van der Waals surface area contributed by atoms with Crippen LogP contribution in [0.4, 0.5) is 0 Å².